The molecule has 0 aliphatic heterocycles. The fraction of sp³-hybridized carbons (Fsp3) is 1.00. The van der Waals surface area contributed by atoms with E-state index in [-0.39, 0.29) is 0 Å². The Balaban J connectivity index is 1.76. The highest BCUT2D eigenvalue weighted by atomic mass is 14.9. The van der Waals surface area contributed by atoms with Gasteiger partial charge >= 0.3 is 0 Å². The Bertz CT molecular complexity index is 218. The van der Waals surface area contributed by atoms with Crippen LogP contribution in [0.4, 0.5) is 0 Å². The van der Waals surface area contributed by atoms with Crippen molar-refractivity contribution in [3.63, 3.8) is 0 Å². The van der Waals surface area contributed by atoms with Gasteiger partial charge in [-0.25, -0.2) is 0 Å². The summed E-state index contributed by atoms with van der Waals surface area (Å²) < 4.78 is 0. The zero-order chi connectivity index (χ0) is 12.8. The van der Waals surface area contributed by atoms with Crippen molar-refractivity contribution < 1.29 is 0 Å². The van der Waals surface area contributed by atoms with E-state index in [9.17, 15) is 0 Å². The summed E-state index contributed by atoms with van der Waals surface area (Å²) in [4.78, 5) is 0. The second kappa shape index (κ2) is 7.53. The molecule has 0 saturated heterocycles. The molecule has 2 aliphatic rings. The molecule has 1 N–H and O–H groups in total. The molecule has 3 atom stereocenters. The third-order valence-electron chi connectivity index (χ3n) is 5.36. The molecular formula is C17H33N. The minimum Gasteiger partial charge on any atom is -0.311 e. The third kappa shape index (κ3) is 4.57. The summed E-state index contributed by atoms with van der Waals surface area (Å²) in [5.41, 5.74) is 0. The van der Waals surface area contributed by atoms with Crippen molar-refractivity contribution in [3.8, 4) is 0 Å². The van der Waals surface area contributed by atoms with Gasteiger partial charge < -0.3 is 5.32 Å². The van der Waals surface area contributed by atoms with Crippen LogP contribution in [0.3, 0.4) is 0 Å². The Labute approximate surface area is 114 Å². The number of hydrogen-bond donors (Lipinski definition) is 1. The van der Waals surface area contributed by atoms with Gasteiger partial charge in [-0.1, -0.05) is 45.4 Å². The quantitative estimate of drug-likeness (QED) is 0.703. The lowest BCUT2D eigenvalue weighted by Crippen LogP contribution is -2.40. The average molecular weight is 251 g/mol. The van der Waals surface area contributed by atoms with E-state index in [4.69, 9.17) is 0 Å². The van der Waals surface area contributed by atoms with Crippen LogP contribution in [0.2, 0.25) is 0 Å². The smallest absolute Gasteiger partial charge is 0.00697 e. The lowest BCUT2D eigenvalue weighted by Gasteiger charge is -2.28. The van der Waals surface area contributed by atoms with E-state index in [2.05, 4.69) is 19.2 Å². The third-order valence-corrected chi connectivity index (χ3v) is 5.36. The molecule has 0 aromatic carbocycles. The summed E-state index contributed by atoms with van der Waals surface area (Å²) in [6, 6.07) is 1.56. The van der Waals surface area contributed by atoms with Crippen LogP contribution in [0.1, 0.15) is 84.5 Å². The maximum Gasteiger partial charge on any atom is 0.00697 e. The molecule has 0 bridgehead atoms. The Morgan fingerprint density at radius 3 is 2.22 bits per heavy atom. The van der Waals surface area contributed by atoms with Gasteiger partial charge in [0.05, 0.1) is 0 Å². The molecule has 2 aliphatic carbocycles. The standard InChI is InChI=1S/C17H33N/c1-14-8-7-11-17(13-12-14)18-15(2)16-9-5-3-4-6-10-16/h14-18H,3-13H2,1-2H3/t14?,15-,17?/m1/s1. The van der Waals surface area contributed by atoms with Crippen LogP contribution in [0, 0.1) is 11.8 Å². The molecule has 0 radical (unpaired) electrons. The summed E-state index contributed by atoms with van der Waals surface area (Å²) in [5.74, 6) is 1.91. The molecule has 1 heteroatoms. The Morgan fingerprint density at radius 1 is 0.778 bits per heavy atom. The van der Waals surface area contributed by atoms with Crippen molar-refractivity contribution >= 4 is 0 Å². The molecular weight excluding hydrogens is 218 g/mol. The van der Waals surface area contributed by atoms with E-state index >= 15 is 0 Å². The first kappa shape index (κ1) is 14.4. The molecule has 2 unspecified atom stereocenters. The van der Waals surface area contributed by atoms with Gasteiger partial charge in [-0.15, -0.1) is 0 Å². The Kier molecular flexibility index (Phi) is 6.01. The highest BCUT2D eigenvalue weighted by molar-refractivity contribution is 4.81. The lowest BCUT2D eigenvalue weighted by molar-refractivity contribution is 0.295. The summed E-state index contributed by atoms with van der Waals surface area (Å²) in [5, 5.41) is 3.98. The predicted molar refractivity (Wildman–Crippen MR) is 79.8 cm³/mol. The number of hydrogen-bond acceptors (Lipinski definition) is 1. The van der Waals surface area contributed by atoms with Crippen LogP contribution in [-0.2, 0) is 0 Å². The maximum absolute atomic E-state index is 3.98. The average Bonchev–Trinajstić information content (AvgIpc) is 2.72. The van der Waals surface area contributed by atoms with Gasteiger partial charge in [0, 0.05) is 12.1 Å². The number of rotatable bonds is 3. The minimum absolute atomic E-state index is 0.751. The van der Waals surface area contributed by atoms with Gasteiger partial charge in [0.2, 0.25) is 0 Å². The first-order valence-corrected chi connectivity index (χ1v) is 8.51. The largest absolute Gasteiger partial charge is 0.311 e. The van der Waals surface area contributed by atoms with Gasteiger partial charge in [-0.3, -0.25) is 0 Å². The predicted octanol–water partition coefficient (Wildman–Crippen LogP) is 4.90. The Hall–Kier alpha value is -0.0400. The lowest BCUT2D eigenvalue weighted by atomic mass is 9.92. The second-order valence-corrected chi connectivity index (χ2v) is 7.02. The van der Waals surface area contributed by atoms with Gasteiger partial charge in [0.25, 0.3) is 0 Å². The summed E-state index contributed by atoms with van der Waals surface area (Å²) in [6.07, 6.45) is 16.0. The van der Waals surface area contributed by atoms with Crippen LogP contribution in [0.5, 0.6) is 0 Å². The van der Waals surface area contributed by atoms with Crippen LogP contribution < -0.4 is 5.32 Å². The first-order valence-electron chi connectivity index (χ1n) is 8.51. The normalized spacial score (nSPS) is 33.7. The molecule has 18 heavy (non-hydrogen) atoms. The van der Waals surface area contributed by atoms with Crippen molar-refractivity contribution in [2.45, 2.75) is 96.6 Å². The van der Waals surface area contributed by atoms with E-state index in [0.717, 1.165) is 23.9 Å². The van der Waals surface area contributed by atoms with Crippen molar-refractivity contribution in [3.05, 3.63) is 0 Å². The van der Waals surface area contributed by atoms with Gasteiger partial charge in [-0.2, -0.15) is 0 Å². The highest BCUT2D eigenvalue weighted by Crippen LogP contribution is 2.27. The van der Waals surface area contributed by atoms with Crippen LogP contribution >= 0.6 is 0 Å². The van der Waals surface area contributed by atoms with Crippen molar-refractivity contribution in [1.82, 2.24) is 5.32 Å². The molecule has 0 spiro atoms. The molecule has 0 aromatic heterocycles. The SMILES string of the molecule is CC1CCCC(N[C@H](C)C2CCCCCC2)CC1. The maximum atomic E-state index is 3.98. The molecule has 0 aromatic rings. The van der Waals surface area contributed by atoms with Crippen molar-refractivity contribution in [2.75, 3.05) is 0 Å². The zero-order valence-corrected chi connectivity index (χ0v) is 12.6. The molecule has 0 amide bonds. The second-order valence-electron chi connectivity index (χ2n) is 7.02. The zero-order valence-electron chi connectivity index (χ0n) is 12.6. The summed E-state index contributed by atoms with van der Waals surface area (Å²) in [6.45, 7) is 4.88. The fourth-order valence-corrected chi connectivity index (χ4v) is 3.97. The van der Waals surface area contributed by atoms with Crippen molar-refractivity contribution in [1.29, 1.82) is 0 Å². The van der Waals surface area contributed by atoms with Gasteiger partial charge in [0.15, 0.2) is 0 Å². The highest BCUT2D eigenvalue weighted by Gasteiger charge is 2.23. The van der Waals surface area contributed by atoms with Crippen LogP contribution in [0.15, 0.2) is 0 Å². The topological polar surface area (TPSA) is 12.0 Å². The van der Waals surface area contributed by atoms with Crippen LogP contribution in [0.25, 0.3) is 0 Å². The first-order chi connectivity index (χ1) is 8.75. The van der Waals surface area contributed by atoms with E-state index in [1.54, 1.807) is 0 Å². The Morgan fingerprint density at radius 2 is 1.50 bits per heavy atom. The monoisotopic (exact) mass is 251 g/mol. The number of nitrogens with one attached hydrogen (secondary N) is 1. The van der Waals surface area contributed by atoms with E-state index in [1.807, 2.05) is 0 Å². The molecule has 2 rings (SSSR count). The molecule has 2 fully saturated rings. The molecule has 1 nitrogen and oxygen atoms in total. The van der Waals surface area contributed by atoms with E-state index < -0.39 is 0 Å². The molecule has 2 saturated carbocycles. The fourth-order valence-electron chi connectivity index (χ4n) is 3.97. The van der Waals surface area contributed by atoms with E-state index in [0.29, 0.717) is 0 Å². The van der Waals surface area contributed by atoms with Gasteiger partial charge in [0.1, 0.15) is 0 Å². The van der Waals surface area contributed by atoms with Crippen LogP contribution in [-0.4, -0.2) is 12.1 Å². The van der Waals surface area contributed by atoms with Gasteiger partial charge in [-0.05, 0) is 50.9 Å². The van der Waals surface area contributed by atoms with Crippen molar-refractivity contribution in [2.24, 2.45) is 11.8 Å². The minimum atomic E-state index is 0.751. The summed E-state index contributed by atoms with van der Waals surface area (Å²) in [7, 11) is 0. The molecule has 106 valence electrons. The summed E-state index contributed by atoms with van der Waals surface area (Å²) >= 11 is 0. The van der Waals surface area contributed by atoms with E-state index in [1.165, 1.54) is 70.6 Å². The molecule has 0 heterocycles.